The number of nitrogens with two attached hydrogens (primary N) is 1. The SMILES string of the molecule is C=C(N)c1c(COc2cc(C)cc(OCc3ccccc3F)c2)csc1/C(=C\C)C(=O)OCC. The Balaban J connectivity index is 1.77. The number of allylic oxidation sites excluding steroid dienone is 1. The van der Waals surface area contributed by atoms with Crippen LogP contribution in [0.15, 0.2) is 60.5 Å². The Hall–Kier alpha value is -3.58. The van der Waals surface area contributed by atoms with Crippen LogP contribution >= 0.6 is 11.3 Å². The summed E-state index contributed by atoms with van der Waals surface area (Å²) in [4.78, 5) is 13.1. The van der Waals surface area contributed by atoms with Crippen LogP contribution in [0.2, 0.25) is 0 Å². The molecule has 3 rings (SSSR count). The summed E-state index contributed by atoms with van der Waals surface area (Å²) in [5.74, 6) is 0.461. The molecule has 7 heteroatoms. The Morgan fingerprint density at radius 1 is 1.12 bits per heavy atom. The van der Waals surface area contributed by atoms with Gasteiger partial charge in [-0.3, -0.25) is 0 Å². The Kier molecular flexibility index (Phi) is 8.49. The second kappa shape index (κ2) is 11.5. The average Bonchev–Trinajstić information content (AvgIpc) is 3.21. The van der Waals surface area contributed by atoms with E-state index in [0.717, 1.165) is 11.1 Å². The molecular formula is C27H28FNO4S. The van der Waals surface area contributed by atoms with E-state index in [9.17, 15) is 9.18 Å². The van der Waals surface area contributed by atoms with E-state index in [0.29, 0.717) is 38.8 Å². The highest BCUT2D eigenvalue weighted by molar-refractivity contribution is 7.12. The number of hydrogen-bond acceptors (Lipinski definition) is 6. The molecule has 5 nitrogen and oxygen atoms in total. The van der Waals surface area contributed by atoms with Crippen LogP contribution in [0.25, 0.3) is 11.3 Å². The molecule has 1 heterocycles. The lowest BCUT2D eigenvalue weighted by atomic mass is 10.0. The van der Waals surface area contributed by atoms with Gasteiger partial charge in [0.1, 0.15) is 30.5 Å². The molecule has 0 radical (unpaired) electrons. The van der Waals surface area contributed by atoms with Gasteiger partial charge in [-0.2, -0.15) is 0 Å². The number of carbonyl (C=O) groups is 1. The van der Waals surface area contributed by atoms with Crippen molar-refractivity contribution in [3.8, 4) is 11.5 Å². The molecule has 2 N–H and O–H groups in total. The number of ether oxygens (including phenoxy) is 3. The normalized spacial score (nSPS) is 11.2. The largest absolute Gasteiger partial charge is 0.489 e. The van der Waals surface area contributed by atoms with E-state index in [4.69, 9.17) is 19.9 Å². The summed E-state index contributed by atoms with van der Waals surface area (Å²) in [5, 5.41) is 1.90. The molecule has 178 valence electrons. The van der Waals surface area contributed by atoms with E-state index in [1.54, 1.807) is 44.2 Å². The van der Waals surface area contributed by atoms with Crippen LogP contribution in [-0.4, -0.2) is 12.6 Å². The van der Waals surface area contributed by atoms with Crippen LogP contribution in [0.3, 0.4) is 0 Å². The first-order valence-electron chi connectivity index (χ1n) is 10.8. The van der Waals surface area contributed by atoms with Crippen LogP contribution in [0.1, 0.15) is 41.0 Å². The van der Waals surface area contributed by atoms with Gasteiger partial charge in [-0.25, -0.2) is 9.18 Å². The van der Waals surface area contributed by atoms with Gasteiger partial charge in [0.25, 0.3) is 0 Å². The summed E-state index contributed by atoms with van der Waals surface area (Å²) in [6.07, 6.45) is 1.71. The quantitative estimate of drug-likeness (QED) is 0.274. The van der Waals surface area contributed by atoms with Crippen LogP contribution in [0.5, 0.6) is 11.5 Å². The predicted molar refractivity (Wildman–Crippen MR) is 134 cm³/mol. The summed E-state index contributed by atoms with van der Waals surface area (Å²) >= 11 is 1.39. The van der Waals surface area contributed by atoms with Crippen molar-refractivity contribution in [1.82, 2.24) is 0 Å². The molecule has 3 aromatic rings. The first kappa shape index (κ1) is 25.1. The van der Waals surface area contributed by atoms with Gasteiger partial charge in [-0.15, -0.1) is 11.3 Å². The van der Waals surface area contributed by atoms with Crippen molar-refractivity contribution in [1.29, 1.82) is 0 Å². The standard InChI is InChI=1S/C27H28FNO4S/c1-5-23(27(30)31-6-2)26-25(18(4)29)20(16-34-26)15-33-22-12-17(3)11-21(13-22)32-14-19-9-7-8-10-24(19)28/h5,7-13,16H,4,6,14-15,29H2,1-3H3/b23-5+. The lowest BCUT2D eigenvalue weighted by Crippen LogP contribution is -2.09. The van der Waals surface area contributed by atoms with Gasteiger partial charge in [0.2, 0.25) is 0 Å². The Bertz CT molecular complexity index is 1220. The lowest BCUT2D eigenvalue weighted by Gasteiger charge is -2.13. The molecular weight excluding hydrogens is 453 g/mol. The van der Waals surface area contributed by atoms with E-state index in [1.165, 1.54) is 17.4 Å². The summed E-state index contributed by atoms with van der Waals surface area (Å²) in [5.41, 5.74) is 9.77. The molecule has 0 saturated heterocycles. The van der Waals surface area contributed by atoms with Crippen molar-refractivity contribution < 1.29 is 23.4 Å². The molecule has 0 aliphatic carbocycles. The minimum atomic E-state index is -0.405. The third kappa shape index (κ3) is 6.05. The van der Waals surface area contributed by atoms with E-state index in [-0.39, 0.29) is 25.6 Å². The van der Waals surface area contributed by atoms with Crippen molar-refractivity contribution in [3.63, 3.8) is 0 Å². The number of thiophene rings is 1. The molecule has 2 aromatic carbocycles. The first-order chi connectivity index (χ1) is 16.3. The van der Waals surface area contributed by atoms with Crippen molar-refractivity contribution in [2.24, 2.45) is 5.73 Å². The summed E-state index contributed by atoms with van der Waals surface area (Å²) in [7, 11) is 0. The number of hydrogen-bond donors (Lipinski definition) is 1. The summed E-state index contributed by atoms with van der Waals surface area (Å²) < 4.78 is 30.9. The van der Waals surface area contributed by atoms with Crippen molar-refractivity contribution >= 4 is 28.6 Å². The Morgan fingerprint density at radius 2 is 1.76 bits per heavy atom. The van der Waals surface area contributed by atoms with Crippen molar-refractivity contribution in [2.45, 2.75) is 34.0 Å². The summed E-state index contributed by atoms with van der Waals surface area (Å²) in [6, 6.07) is 12.0. The van der Waals surface area contributed by atoms with Crippen molar-refractivity contribution in [2.75, 3.05) is 6.61 Å². The number of benzene rings is 2. The Labute approximate surface area is 203 Å². The van der Waals surface area contributed by atoms with Gasteiger partial charge < -0.3 is 19.9 Å². The fourth-order valence-corrected chi connectivity index (χ4v) is 4.57. The van der Waals surface area contributed by atoms with Gasteiger partial charge in [0, 0.05) is 28.5 Å². The predicted octanol–water partition coefficient (Wildman–Crippen LogP) is 6.25. The van der Waals surface area contributed by atoms with Crippen LogP contribution in [0.4, 0.5) is 4.39 Å². The zero-order valence-electron chi connectivity index (χ0n) is 19.5. The molecule has 0 aliphatic heterocycles. The lowest BCUT2D eigenvalue weighted by molar-refractivity contribution is -0.136. The highest BCUT2D eigenvalue weighted by Crippen LogP contribution is 2.34. The highest BCUT2D eigenvalue weighted by atomic mass is 32.1. The number of esters is 1. The zero-order chi connectivity index (χ0) is 24.7. The summed E-state index contributed by atoms with van der Waals surface area (Å²) in [6.45, 7) is 9.97. The second-order valence-electron chi connectivity index (χ2n) is 7.56. The highest BCUT2D eigenvalue weighted by Gasteiger charge is 2.22. The van der Waals surface area contributed by atoms with E-state index in [2.05, 4.69) is 6.58 Å². The van der Waals surface area contributed by atoms with E-state index < -0.39 is 5.97 Å². The Morgan fingerprint density at radius 3 is 2.35 bits per heavy atom. The molecule has 34 heavy (non-hydrogen) atoms. The molecule has 0 unspecified atom stereocenters. The van der Waals surface area contributed by atoms with Gasteiger partial charge in [0.15, 0.2) is 0 Å². The topological polar surface area (TPSA) is 70.8 Å². The smallest absolute Gasteiger partial charge is 0.339 e. The van der Waals surface area contributed by atoms with Crippen LogP contribution in [0, 0.1) is 12.7 Å². The zero-order valence-corrected chi connectivity index (χ0v) is 20.3. The number of aryl methyl sites for hydroxylation is 1. The van der Waals surface area contributed by atoms with E-state index in [1.807, 2.05) is 24.4 Å². The molecule has 1 aromatic heterocycles. The van der Waals surface area contributed by atoms with Crippen molar-refractivity contribution in [3.05, 3.63) is 93.4 Å². The third-order valence-corrected chi connectivity index (χ3v) is 6.05. The fraction of sp³-hybridized carbons (Fsp3) is 0.222. The monoisotopic (exact) mass is 481 g/mol. The number of rotatable bonds is 10. The molecule has 0 fully saturated rings. The van der Waals surface area contributed by atoms with Crippen LogP contribution < -0.4 is 15.2 Å². The first-order valence-corrected chi connectivity index (χ1v) is 11.7. The molecule has 0 amide bonds. The third-order valence-electron chi connectivity index (χ3n) is 4.99. The molecule has 0 atom stereocenters. The molecule has 0 bridgehead atoms. The van der Waals surface area contributed by atoms with Gasteiger partial charge >= 0.3 is 5.97 Å². The fourth-order valence-electron chi connectivity index (χ4n) is 3.42. The average molecular weight is 482 g/mol. The van der Waals surface area contributed by atoms with Crippen LogP contribution in [-0.2, 0) is 22.7 Å². The minimum absolute atomic E-state index is 0.112. The van der Waals surface area contributed by atoms with Gasteiger partial charge in [0.05, 0.1) is 17.1 Å². The molecule has 0 aliphatic rings. The van der Waals surface area contributed by atoms with Gasteiger partial charge in [-0.05, 0) is 49.9 Å². The maximum absolute atomic E-state index is 13.9. The second-order valence-corrected chi connectivity index (χ2v) is 8.44. The van der Waals surface area contributed by atoms with E-state index >= 15 is 0 Å². The van der Waals surface area contributed by atoms with Gasteiger partial charge in [-0.1, -0.05) is 30.9 Å². The maximum Gasteiger partial charge on any atom is 0.339 e. The molecule has 0 spiro atoms. The number of carbonyl (C=O) groups excluding carboxylic acids is 1. The number of halogens is 1. The minimum Gasteiger partial charge on any atom is -0.489 e. The molecule has 0 saturated carbocycles. The maximum atomic E-state index is 13.9.